The molecule has 56 valence electrons. The Kier molecular flexibility index (Phi) is 7.31. The van der Waals surface area contributed by atoms with Gasteiger partial charge in [-0.05, 0) is 45.7 Å². The lowest BCUT2D eigenvalue weighted by atomic mass is 10.4. The maximum Gasteiger partial charge on any atom is 0.0160 e. The van der Waals surface area contributed by atoms with Gasteiger partial charge in [-0.25, -0.2) is 0 Å². The predicted molar refractivity (Wildman–Crippen MR) is 64.9 cm³/mol. The molecule has 0 aromatic rings. The van der Waals surface area contributed by atoms with E-state index in [-0.39, 0.29) is 0 Å². The molecule has 0 rings (SSSR count). The molecule has 0 N–H and O–H groups in total. The summed E-state index contributed by atoms with van der Waals surface area (Å²) in [6.07, 6.45) is 5.89. The topological polar surface area (TPSA) is 0 Å². The van der Waals surface area contributed by atoms with Gasteiger partial charge in [0, 0.05) is 8.61 Å². The van der Waals surface area contributed by atoms with Crippen LogP contribution in [0.5, 0.6) is 0 Å². The minimum Gasteiger partial charge on any atom is -0.0894 e. The number of rotatable bonds is 2. The van der Waals surface area contributed by atoms with Crippen LogP contribution in [0.4, 0.5) is 0 Å². The monoisotopic (exact) mass is 380 g/mol. The molecule has 0 fully saturated rings. The Hall–Kier alpha value is 0.970. The van der Waals surface area contributed by atoms with Gasteiger partial charge in [0.1, 0.15) is 0 Å². The highest BCUT2D eigenvalue weighted by molar-refractivity contribution is 14.1. The van der Waals surface area contributed by atoms with Gasteiger partial charge in [0.15, 0.2) is 0 Å². The molecule has 0 atom stereocenters. The van der Waals surface area contributed by atoms with Crippen LogP contribution in [-0.4, -0.2) is 0 Å². The Morgan fingerprint density at radius 2 is 2.10 bits per heavy atom. The highest BCUT2D eigenvalue weighted by atomic mass is 127. The summed E-state index contributed by atoms with van der Waals surface area (Å²) in [6, 6.07) is 0. The summed E-state index contributed by atoms with van der Waals surface area (Å²) >= 11 is 10.0. The molecule has 0 saturated heterocycles. The van der Waals surface area contributed by atoms with Gasteiger partial charge in [-0.3, -0.25) is 0 Å². The van der Waals surface area contributed by atoms with Gasteiger partial charge in [0.2, 0.25) is 0 Å². The van der Waals surface area contributed by atoms with Crippen LogP contribution in [0.25, 0.3) is 0 Å². The summed E-state index contributed by atoms with van der Waals surface area (Å²) in [4.78, 5) is 0. The first kappa shape index (κ1) is 11.0. The van der Waals surface area contributed by atoms with E-state index in [1.165, 1.54) is 0 Å². The lowest BCUT2D eigenvalue weighted by Crippen LogP contribution is -1.61. The van der Waals surface area contributed by atoms with Gasteiger partial charge in [-0.1, -0.05) is 40.3 Å². The third-order valence-corrected chi connectivity index (χ3v) is 1.86. The lowest BCUT2D eigenvalue weighted by molar-refractivity contribution is 1.65. The van der Waals surface area contributed by atoms with E-state index in [4.69, 9.17) is 11.6 Å². The molecule has 0 heterocycles. The van der Waals surface area contributed by atoms with E-state index in [0.717, 1.165) is 8.61 Å². The van der Waals surface area contributed by atoms with Gasteiger partial charge in [0.25, 0.3) is 0 Å². The number of hydrogen-bond acceptors (Lipinski definition) is 0. The quantitative estimate of drug-likeness (QED) is 0.492. The molecule has 0 aromatic carbocycles. The average Bonchev–Trinajstić information content (AvgIpc) is 1.82. The van der Waals surface area contributed by atoms with Crippen molar-refractivity contribution in [2.45, 2.75) is 6.92 Å². The van der Waals surface area contributed by atoms with E-state index in [2.05, 4.69) is 45.2 Å². The molecular weight excluding hydrogens is 373 g/mol. The molecule has 0 aliphatic heterocycles. The molecule has 0 unspecified atom stereocenters. The van der Waals surface area contributed by atoms with Crippen molar-refractivity contribution in [3.63, 3.8) is 0 Å². The average molecular weight is 380 g/mol. The standard InChI is InChI=1S/C7H7ClI2/c1-6(8)5-7(10)3-2-4-9/h2-5H,1H3/b4-2+,6-5+,7-3+. The molecular formula is C7H7ClI2. The Morgan fingerprint density at radius 3 is 2.50 bits per heavy atom. The van der Waals surface area contributed by atoms with Gasteiger partial charge in [-0.15, -0.1) is 0 Å². The summed E-state index contributed by atoms with van der Waals surface area (Å²) in [7, 11) is 0. The van der Waals surface area contributed by atoms with Crippen molar-refractivity contribution in [3.8, 4) is 0 Å². The number of halogens is 3. The van der Waals surface area contributed by atoms with E-state index in [1.807, 2.05) is 29.2 Å². The van der Waals surface area contributed by atoms with Crippen LogP contribution in [0, 0.1) is 0 Å². The minimum atomic E-state index is 0.808. The molecule has 0 saturated carbocycles. The molecule has 0 nitrogen and oxygen atoms in total. The fourth-order valence-electron chi connectivity index (χ4n) is 0.366. The second-order valence-corrected chi connectivity index (χ2v) is 4.16. The largest absolute Gasteiger partial charge is 0.0894 e. The first-order chi connectivity index (χ1) is 4.66. The maximum absolute atomic E-state index is 5.64. The zero-order chi connectivity index (χ0) is 7.98. The summed E-state index contributed by atoms with van der Waals surface area (Å²) in [6.45, 7) is 1.86. The van der Waals surface area contributed by atoms with Crippen LogP contribution in [0.3, 0.4) is 0 Å². The number of hydrogen-bond donors (Lipinski definition) is 0. The van der Waals surface area contributed by atoms with Crippen molar-refractivity contribution in [3.05, 3.63) is 30.9 Å². The van der Waals surface area contributed by atoms with Crippen LogP contribution in [0.1, 0.15) is 6.92 Å². The van der Waals surface area contributed by atoms with E-state index < -0.39 is 0 Å². The molecule has 10 heavy (non-hydrogen) atoms. The normalized spacial score (nSPS) is 14.8. The molecule has 0 bridgehead atoms. The van der Waals surface area contributed by atoms with E-state index in [9.17, 15) is 0 Å². The zero-order valence-corrected chi connectivity index (χ0v) is 10.5. The summed E-state index contributed by atoms with van der Waals surface area (Å²) in [5.41, 5.74) is 0. The van der Waals surface area contributed by atoms with E-state index in [1.54, 1.807) is 0 Å². The fraction of sp³-hybridized carbons (Fsp3) is 0.143. The van der Waals surface area contributed by atoms with E-state index >= 15 is 0 Å². The van der Waals surface area contributed by atoms with Gasteiger partial charge >= 0.3 is 0 Å². The number of allylic oxidation sites excluding steroid dienone is 5. The fourth-order valence-corrected chi connectivity index (χ4v) is 1.55. The second-order valence-electron chi connectivity index (χ2n) is 1.60. The molecule has 3 heteroatoms. The third-order valence-electron chi connectivity index (χ3n) is 0.665. The van der Waals surface area contributed by atoms with Crippen molar-refractivity contribution in [2.24, 2.45) is 0 Å². The molecule has 0 amide bonds. The summed E-state index contributed by atoms with van der Waals surface area (Å²) in [5.74, 6) is 0. The van der Waals surface area contributed by atoms with Crippen molar-refractivity contribution < 1.29 is 0 Å². The molecule has 0 aliphatic rings. The molecule has 0 aliphatic carbocycles. The first-order valence-electron chi connectivity index (χ1n) is 2.63. The second kappa shape index (κ2) is 6.67. The highest BCUT2D eigenvalue weighted by Crippen LogP contribution is 2.12. The smallest absolute Gasteiger partial charge is 0.0160 e. The third kappa shape index (κ3) is 7.08. The van der Waals surface area contributed by atoms with Crippen LogP contribution in [0.2, 0.25) is 0 Å². The van der Waals surface area contributed by atoms with Gasteiger partial charge < -0.3 is 0 Å². The Balaban J connectivity index is 4.08. The first-order valence-corrected chi connectivity index (χ1v) is 5.33. The Bertz CT molecular complexity index is 176. The summed E-state index contributed by atoms with van der Waals surface area (Å²) in [5, 5.41) is 0.808. The maximum atomic E-state index is 5.64. The predicted octanol–water partition coefficient (Wildman–Crippen LogP) is 4.40. The van der Waals surface area contributed by atoms with Crippen LogP contribution >= 0.6 is 56.8 Å². The Labute approximate surface area is 93.7 Å². The van der Waals surface area contributed by atoms with Gasteiger partial charge in [-0.2, -0.15) is 0 Å². The molecule has 0 radical (unpaired) electrons. The van der Waals surface area contributed by atoms with Crippen molar-refractivity contribution in [1.29, 1.82) is 0 Å². The minimum absolute atomic E-state index is 0.808. The van der Waals surface area contributed by atoms with Crippen molar-refractivity contribution in [1.82, 2.24) is 0 Å². The van der Waals surface area contributed by atoms with E-state index in [0.29, 0.717) is 0 Å². The van der Waals surface area contributed by atoms with Crippen molar-refractivity contribution in [2.75, 3.05) is 0 Å². The Morgan fingerprint density at radius 1 is 1.50 bits per heavy atom. The summed E-state index contributed by atoms with van der Waals surface area (Å²) < 4.78 is 3.09. The van der Waals surface area contributed by atoms with Crippen molar-refractivity contribution >= 4 is 56.8 Å². The SMILES string of the molecule is C\C(Cl)=C/C(I)=C\C=C\I. The zero-order valence-electron chi connectivity index (χ0n) is 5.44. The van der Waals surface area contributed by atoms with Crippen LogP contribution in [-0.2, 0) is 0 Å². The molecule has 0 aromatic heterocycles. The highest BCUT2D eigenvalue weighted by Gasteiger charge is 1.82. The van der Waals surface area contributed by atoms with Crippen LogP contribution in [0.15, 0.2) is 30.9 Å². The van der Waals surface area contributed by atoms with Crippen LogP contribution < -0.4 is 0 Å². The lowest BCUT2D eigenvalue weighted by Gasteiger charge is -1.85. The molecule has 0 spiro atoms. The van der Waals surface area contributed by atoms with Gasteiger partial charge in [0.05, 0.1) is 0 Å².